The van der Waals surface area contributed by atoms with Gasteiger partial charge in [-0.05, 0) is 138 Å². The second kappa shape index (κ2) is 27.8. The predicted octanol–water partition coefficient (Wildman–Crippen LogP) is 12.3. The molecule has 0 aliphatic heterocycles. The summed E-state index contributed by atoms with van der Waals surface area (Å²) in [5.74, 6) is -2.37. The third-order valence-electron chi connectivity index (χ3n) is 10.1. The van der Waals surface area contributed by atoms with Gasteiger partial charge in [0.1, 0.15) is 23.3 Å². The van der Waals surface area contributed by atoms with Gasteiger partial charge in [0, 0.05) is 55.3 Å². The summed E-state index contributed by atoms with van der Waals surface area (Å²) in [4.78, 5) is 42.3. The van der Waals surface area contributed by atoms with E-state index in [4.69, 9.17) is 26.2 Å². The van der Waals surface area contributed by atoms with E-state index < -0.39 is 5.82 Å². The molecule has 3 fully saturated rings. The van der Waals surface area contributed by atoms with Gasteiger partial charge >= 0.3 is 11.9 Å². The Hall–Kier alpha value is -5.67. The number of carbonyl (C=O) groups excluding carboxylic acids is 2. The molecule has 0 aromatic carbocycles. The summed E-state index contributed by atoms with van der Waals surface area (Å²) in [6, 6.07) is 7.17. The fraction of sp³-hybridized carbons (Fsp3) is 0.431. The highest BCUT2D eigenvalue weighted by Crippen LogP contribution is 2.49. The molecule has 0 bridgehead atoms. The first-order valence-electron chi connectivity index (χ1n) is 20.7. The zero-order valence-corrected chi connectivity index (χ0v) is 37.6. The summed E-state index contributed by atoms with van der Waals surface area (Å²) in [6.45, 7) is 16.8. The molecular formula is C51H65ClF5N5O5. The monoisotopic (exact) mass is 957 g/mol. The largest absolute Gasteiger partial charge is 0.466 e. The Morgan fingerprint density at radius 1 is 0.597 bits per heavy atom. The number of aliphatic hydroxyl groups excluding tert-OH is 1. The highest BCUT2D eigenvalue weighted by molar-refractivity contribution is 6.29. The van der Waals surface area contributed by atoms with Gasteiger partial charge < -0.3 is 14.6 Å². The number of hydrogen-bond donors (Lipinski definition) is 1. The van der Waals surface area contributed by atoms with Crippen LogP contribution >= 0.6 is 11.6 Å². The number of rotatable bonds is 9. The van der Waals surface area contributed by atoms with Crippen molar-refractivity contribution >= 4 is 29.6 Å². The fourth-order valence-corrected chi connectivity index (χ4v) is 6.56. The molecule has 1 N–H and O–H groups in total. The molecule has 6 atom stereocenters. The fourth-order valence-electron chi connectivity index (χ4n) is 6.46. The van der Waals surface area contributed by atoms with E-state index in [1.54, 1.807) is 66.3 Å². The van der Waals surface area contributed by atoms with E-state index in [2.05, 4.69) is 31.5 Å². The molecule has 8 rings (SSSR count). The molecule has 0 amide bonds. The highest BCUT2D eigenvalue weighted by Gasteiger charge is 2.48. The number of ether oxygens (including phenoxy) is 2. The van der Waals surface area contributed by atoms with Crippen LogP contribution in [0.15, 0.2) is 67.9 Å². The number of hydrogen-bond acceptors (Lipinski definition) is 10. The van der Waals surface area contributed by atoms with E-state index in [-0.39, 0.29) is 105 Å². The van der Waals surface area contributed by atoms with Crippen LogP contribution in [-0.2, 0) is 19.1 Å². The molecule has 10 nitrogen and oxygen atoms in total. The molecule has 0 saturated heterocycles. The zero-order valence-electron chi connectivity index (χ0n) is 36.8. The summed E-state index contributed by atoms with van der Waals surface area (Å²) >= 11 is 5.29. The summed E-state index contributed by atoms with van der Waals surface area (Å²) < 4.78 is 75.3. The summed E-state index contributed by atoms with van der Waals surface area (Å²) in [5.41, 5.74) is 5.62. The third kappa shape index (κ3) is 17.8. The van der Waals surface area contributed by atoms with E-state index in [0.717, 1.165) is 34.2 Å². The number of nitrogens with zero attached hydrogens (tertiary/aromatic N) is 5. The second-order valence-electron chi connectivity index (χ2n) is 15.7. The summed E-state index contributed by atoms with van der Waals surface area (Å²) in [7, 11) is 0. The van der Waals surface area contributed by atoms with E-state index >= 15 is 0 Å². The Bertz CT molecular complexity index is 2330. The normalized spacial score (nSPS) is 18.7. The van der Waals surface area contributed by atoms with Crippen LogP contribution in [-0.4, -0.2) is 61.8 Å². The van der Waals surface area contributed by atoms with Gasteiger partial charge in [-0.15, -0.1) is 0 Å². The Labute approximate surface area is 397 Å². The van der Waals surface area contributed by atoms with Crippen LogP contribution in [0.1, 0.15) is 124 Å². The van der Waals surface area contributed by atoms with Crippen LogP contribution in [0.4, 0.5) is 22.0 Å². The topological polar surface area (TPSA) is 137 Å². The van der Waals surface area contributed by atoms with Crippen LogP contribution in [0.5, 0.6) is 0 Å². The van der Waals surface area contributed by atoms with Crippen molar-refractivity contribution in [2.75, 3.05) is 19.8 Å². The molecular weight excluding hydrogens is 893 g/mol. The van der Waals surface area contributed by atoms with Gasteiger partial charge in [0.15, 0.2) is 11.0 Å². The van der Waals surface area contributed by atoms with E-state index in [1.807, 2.05) is 6.92 Å². The first-order valence-corrected chi connectivity index (χ1v) is 21.1. The molecule has 0 radical (unpaired) electrons. The third-order valence-corrected chi connectivity index (χ3v) is 10.4. The van der Waals surface area contributed by atoms with Crippen LogP contribution in [0, 0.1) is 81.5 Å². The lowest BCUT2D eigenvalue weighted by Crippen LogP contribution is -2.08. The summed E-state index contributed by atoms with van der Waals surface area (Å²) in [6.07, 6.45) is 11.6. The molecule has 0 unspecified atom stereocenters. The van der Waals surface area contributed by atoms with Gasteiger partial charge in [-0.2, -0.15) is 0 Å². The number of aromatic nitrogens is 5. The van der Waals surface area contributed by atoms with Gasteiger partial charge in [0.25, 0.3) is 0 Å². The van der Waals surface area contributed by atoms with Gasteiger partial charge in [0.2, 0.25) is 0 Å². The number of esters is 2. The Morgan fingerprint density at radius 2 is 0.940 bits per heavy atom. The molecule has 3 aliphatic rings. The highest BCUT2D eigenvalue weighted by atomic mass is 35.5. The smallest absolute Gasteiger partial charge is 0.309 e. The van der Waals surface area contributed by atoms with E-state index in [0.29, 0.717) is 48.8 Å². The van der Waals surface area contributed by atoms with Gasteiger partial charge in [0.05, 0.1) is 47.8 Å². The lowest BCUT2D eigenvalue weighted by atomic mass is 10.2. The van der Waals surface area contributed by atoms with Crippen LogP contribution in [0.2, 0.25) is 5.15 Å². The Kier molecular flexibility index (Phi) is 24.7. The van der Waals surface area contributed by atoms with Crippen LogP contribution in [0.25, 0.3) is 6.08 Å². The first-order chi connectivity index (χ1) is 30.4. The molecule has 5 aromatic rings. The molecule has 5 aromatic heterocycles. The zero-order chi connectivity index (χ0) is 47.2. The van der Waals surface area contributed by atoms with E-state index in [9.17, 15) is 31.5 Å². The van der Waals surface area contributed by atoms with Crippen molar-refractivity contribution in [3.63, 3.8) is 0 Å². The molecule has 5 heterocycles. The van der Waals surface area contributed by atoms with Gasteiger partial charge in [-0.1, -0.05) is 40.5 Å². The van der Waals surface area contributed by atoms with E-state index in [1.165, 1.54) is 42.6 Å². The SMILES string of the molecule is C.C.C.C=Cc1ncc(C)cc1F.CCOC(=O)[C@H]1C[C@@H]1c1ncc(C)cc1F.CCOC(=O)[C@H]1C[C@H]1c1ncc(C)cc1F.Cc1cnc(Cl)c(F)c1.Cc1cnc([C@H]2C[C@@H]2CO)c(F)c1. The number of aryl methyl sites for hydroxylation is 5. The van der Waals surface area contributed by atoms with Crippen molar-refractivity contribution in [1.82, 2.24) is 24.9 Å². The molecule has 366 valence electrons. The van der Waals surface area contributed by atoms with Gasteiger partial charge in [-0.25, -0.2) is 26.9 Å². The van der Waals surface area contributed by atoms with Gasteiger partial charge in [-0.3, -0.25) is 29.5 Å². The number of carbonyl (C=O) groups is 2. The number of aliphatic hydroxyl groups is 1. The van der Waals surface area contributed by atoms with Crippen LogP contribution in [0.3, 0.4) is 0 Å². The lowest BCUT2D eigenvalue weighted by molar-refractivity contribution is -0.145. The number of halogens is 6. The quantitative estimate of drug-likeness (QED) is 0.0863. The Morgan fingerprint density at radius 3 is 1.24 bits per heavy atom. The van der Waals surface area contributed by atoms with Crippen molar-refractivity contribution in [3.8, 4) is 0 Å². The van der Waals surface area contributed by atoms with Crippen LogP contribution < -0.4 is 0 Å². The van der Waals surface area contributed by atoms with Crippen molar-refractivity contribution in [1.29, 1.82) is 0 Å². The molecule has 3 aliphatic carbocycles. The maximum Gasteiger partial charge on any atom is 0.309 e. The molecule has 16 heteroatoms. The minimum atomic E-state index is -0.461. The van der Waals surface area contributed by atoms with Crippen molar-refractivity contribution in [2.24, 2.45) is 17.8 Å². The predicted molar refractivity (Wildman–Crippen MR) is 253 cm³/mol. The standard InChI is InChI=1S/2C12H14FNO2.C10H12FNO.C8H8FN.C6H5ClFN.3CH4/c2*1-3-16-12(15)9-5-8(9)11-10(13)4-7(2)6-14-11;1-6-2-9(11)10(12-4-6)8-3-7(8)5-13;1-3-8-7(9)4-6(2)5-10-8;1-4-2-5(8)6(7)9-3-4;;;/h2*4,6,8-9H,3,5H2,1-2H3;2,4,7-8,13H,3,5H2,1H3;3-5H,1H2,2H3;2-3H,1H3;3*1H4/t8-,9+;8-,9-;7-,8+;;;;;/m101...../s1. The molecule has 3 saturated carbocycles. The maximum atomic E-state index is 13.5. The minimum Gasteiger partial charge on any atom is -0.466 e. The van der Waals surface area contributed by atoms with Crippen molar-refractivity contribution in [2.45, 2.75) is 108 Å². The van der Waals surface area contributed by atoms with Crippen molar-refractivity contribution < 1.29 is 46.1 Å². The summed E-state index contributed by atoms with van der Waals surface area (Å²) in [5, 5.41) is 8.76. The maximum absolute atomic E-state index is 13.5. The Balaban J connectivity index is 0.000000421. The molecule has 67 heavy (non-hydrogen) atoms. The average molecular weight is 959 g/mol. The lowest BCUT2D eigenvalue weighted by Gasteiger charge is -2.02. The first kappa shape index (κ1) is 59.3. The molecule has 0 spiro atoms. The second-order valence-corrected chi connectivity index (χ2v) is 16.1. The average Bonchev–Trinajstić information content (AvgIpc) is 4.13. The number of pyridine rings is 5. The minimum absolute atomic E-state index is 0. The van der Waals surface area contributed by atoms with Crippen molar-refractivity contribution in [3.05, 3.63) is 153 Å².